The normalized spacial score (nSPS) is 17.5. The summed E-state index contributed by atoms with van der Waals surface area (Å²) in [6.07, 6.45) is 0. The predicted octanol–water partition coefficient (Wildman–Crippen LogP) is 4.64. The topological polar surface area (TPSA) is 76.1 Å². The molecule has 3 aromatic rings. The van der Waals surface area contributed by atoms with Gasteiger partial charge in [-0.15, -0.1) is 0 Å². The van der Waals surface area contributed by atoms with Crippen LogP contribution >= 0.6 is 0 Å². The molecule has 3 aromatic carbocycles. The van der Waals surface area contributed by atoms with Crippen molar-refractivity contribution in [1.29, 1.82) is 0 Å². The molecule has 0 aromatic heterocycles. The first-order valence-electron chi connectivity index (χ1n) is 10.1. The number of ether oxygens (including phenoxy) is 2. The van der Waals surface area contributed by atoms with Gasteiger partial charge in [0.05, 0.1) is 25.8 Å². The lowest BCUT2D eigenvalue weighted by Gasteiger charge is -2.26. The highest BCUT2D eigenvalue weighted by molar-refractivity contribution is 6.51. The third-order valence-corrected chi connectivity index (χ3v) is 5.62. The third-order valence-electron chi connectivity index (χ3n) is 5.62. The van der Waals surface area contributed by atoms with Crippen molar-refractivity contribution in [3.63, 3.8) is 0 Å². The van der Waals surface area contributed by atoms with Crippen LogP contribution in [0.1, 0.15) is 22.7 Å². The Kier molecular flexibility index (Phi) is 5.69. The number of carbonyl (C=O) groups excluding carboxylic acids is 2. The van der Waals surface area contributed by atoms with Crippen LogP contribution in [0.5, 0.6) is 11.5 Å². The van der Waals surface area contributed by atoms with Gasteiger partial charge >= 0.3 is 0 Å². The lowest BCUT2D eigenvalue weighted by molar-refractivity contribution is -0.132. The molecule has 0 radical (unpaired) electrons. The van der Waals surface area contributed by atoms with Crippen molar-refractivity contribution in [2.45, 2.75) is 13.0 Å². The van der Waals surface area contributed by atoms with E-state index < -0.39 is 17.7 Å². The summed E-state index contributed by atoms with van der Waals surface area (Å²) in [4.78, 5) is 27.8. The minimum Gasteiger partial charge on any atom is -0.507 e. The molecule has 4 rings (SSSR count). The fourth-order valence-electron chi connectivity index (χ4n) is 4.01. The number of hydrogen-bond donors (Lipinski definition) is 1. The Labute approximate surface area is 186 Å². The van der Waals surface area contributed by atoms with Crippen molar-refractivity contribution in [2.75, 3.05) is 19.1 Å². The number of ketones is 1. The molecular weight excluding hydrogens is 406 g/mol. The highest BCUT2D eigenvalue weighted by Crippen LogP contribution is 2.43. The number of rotatable bonds is 5. The highest BCUT2D eigenvalue weighted by atomic mass is 16.5. The number of methoxy groups -OCH3 is 2. The lowest BCUT2D eigenvalue weighted by atomic mass is 9.92. The molecular formula is C26H23NO5. The Morgan fingerprint density at radius 1 is 0.875 bits per heavy atom. The highest BCUT2D eigenvalue weighted by Gasteiger charge is 2.47. The molecule has 162 valence electrons. The maximum Gasteiger partial charge on any atom is 0.300 e. The molecule has 1 aliphatic rings. The third kappa shape index (κ3) is 3.50. The Bertz CT molecular complexity index is 1220. The summed E-state index contributed by atoms with van der Waals surface area (Å²) in [5, 5.41) is 11.3. The minimum absolute atomic E-state index is 0.0281. The van der Waals surface area contributed by atoms with Crippen LogP contribution in [0.15, 0.2) is 78.4 Å². The van der Waals surface area contributed by atoms with Crippen molar-refractivity contribution in [3.8, 4) is 11.5 Å². The predicted molar refractivity (Wildman–Crippen MR) is 122 cm³/mol. The number of para-hydroxylation sites is 1. The first kappa shape index (κ1) is 21.2. The van der Waals surface area contributed by atoms with Gasteiger partial charge in [-0.25, -0.2) is 0 Å². The molecule has 0 saturated carbocycles. The summed E-state index contributed by atoms with van der Waals surface area (Å²) in [6.45, 7) is 1.91. The number of amides is 1. The Morgan fingerprint density at radius 2 is 1.53 bits per heavy atom. The van der Waals surface area contributed by atoms with E-state index in [1.165, 1.54) is 19.1 Å². The van der Waals surface area contributed by atoms with Crippen LogP contribution in [0.4, 0.5) is 5.69 Å². The number of carbonyl (C=O) groups is 2. The SMILES string of the molecule is COc1ccc(/C(O)=C2\C(=O)C(=O)N(c3ccccc3)C2c2ccccc2C)cc1OC. The number of aryl methyl sites for hydroxylation is 1. The number of nitrogens with zero attached hydrogens (tertiary/aromatic N) is 1. The Balaban J connectivity index is 1.96. The zero-order valence-electron chi connectivity index (χ0n) is 18.0. The van der Waals surface area contributed by atoms with E-state index in [4.69, 9.17) is 9.47 Å². The molecule has 32 heavy (non-hydrogen) atoms. The zero-order valence-corrected chi connectivity index (χ0v) is 18.0. The van der Waals surface area contributed by atoms with E-state index >= 15 is 0 Å². The summed E-state index contributed by atoms with van der Waals surface area (Å²) < 4.78 is 10.6. The van der Waals surface area contributed by atoms with Gasteiger partial charge in [0, 0.05) is 11.3 Å². The van der Waals surface area contributed by atoms with Crippen molar-refractivity contribution in [2.24, 2.45) is 0 Å². The lowest BCUT2D eigenvalue weighted by Crippen LogP contribution is -2.29. The van der Waals surface area contributed by atoms with Gasteiger partial charge in [0.1, 0.15) is 5.76 Å². The molecule has 1 aliphatic heterocycles. The molecule has 1 N–H and O–H groups in total. The number of aliphatic hydroxyl groups is 1. The van der Waals surface area contributed by atoms with E-state index in [1.54, 1.807) is 42.5 Å². The second-order valence-corrected chi connectivity index (χ2v) is 7.43. The number of Topliss-reactive ketones (excluding diaryl/α,β-unsaturated/α-hetero) is 1. The molecule has 6 nitrogen and oxygen atoms in total. The Hall–Kier alpha value is -4.06. The molecule has 0 spiro atoms. The van der Waals surface area contributed by atoms with Gasteiger partial charge in [-0.3, -0.25) is 14.5 Å². The Morgan fingerprint density at radius 3 is 2.19 bits per heavy atom. The minimum atomic E-state index is -0.772. The quantitative estimate of drug-likeness (QED) is 0.363. The van der Waals surface area contributed by atoms with E-state index in [-0.39, 0.29) is 11.3 Å². The molecule has 1 atom stereocenters. The monoisotopic (exact) mass is 429 g/mol. The van der Waals surface area contributed by atoms with Crippen LogP contribution in [0.3, 0.4) is 0 Å². The number of aliphatic hydroxyl groups excluding tert-OH is 1. The van der Waals surface area contributed by atoms with Gasteiger partial charge in [-0.2, -0.15) is 0 Å². The summed E-state index contributed by atoms with van der Waals surface area (Å²) in [5.41, 5.74) is 2.62. The van der Waals surface area contributed by atoms with Crippen molar-refractivity contribution >= 4 is 23.1 Å². The van der Waals surface area contributed by atoms with Crippen LogP contribution in [-0.2, 0) is 9.59 Å². The van der Waals surface area contributed by atoms with Gasteiger partial charge in [-0.05, 0) is 48.4 Å². The second-order valence-electron chi connectivity index (χ2n) is 7.43. The number of anilines is 1. The van der Waals surface area contributed by atoms with E-state index in [1.807, 2.05) is 37.3 Å². The summed E-state index contributed by atoms with van der Waals surface area (Å²) in [6, 6.07) is 20.6. The first-order valence-corrected chi connectivity index (χ1v) is 10.1. The van der Waals surface area contributed by atoms with Gasteiger partial charge in [0.15, 0.2) is 11.5 Å². The largest absolute Gasteiger partial charge is 0.507 e. The van der Waals surface area contributed by atoms with Gasteiger partial charge in [0.2, 0.25) is 0 Å². The maximum absolute atomic E-state index is 13.2. The second kappa shape index (κ2) is 8.59. The molecule has 1 fully saturated rings. The number of hydrogen-bond acceptors (Lipinski definition) is 5. The molecule has 0 aliphatic carbocycles. The van der Waals surface area contributed by atoms with E-state index in [0.717, 1.165) is 11.1 Å². The van der Waals surface area contributed by atoms with E-state index in [0.29, 0.717) is 22.7 Å². The molecule has 0 bridgehead atoms. The first-order chi connectivity index (χ1) is 15.5. The van der Waals surface area contributed by atoms with Crippen molar-refractivity contribution < 1.29 is 24.2 Å². The van der Waals surface area contributed by atoms with Crippen LogP contribution < -0.4 is 14.4 Å². The standard InChI is InChI=1S/C26H23NO5/c1-16-9-7-8-12-19(16)23-22(24(28)17-13-14-20(31-2)21(15-17)32-3)25(29)26(30)27(23)18-10-5-4-6-11-18/h4-15,23,28H,1-3H3/b24-22+. The van der Waals surface area contributed by atoms with Crippen molar-refractivity contribution in [1.82, 2.24) is 0 Å². The fourth-order valence-corrected chi connectivity index (χ4v) is 4.01. The van der Waals surface area contributed by atoms with Crippen LogP contribution in [0.2, 0.25) is 0 Å². The smallest absolute Gasteiger partial charge is 0.300 e. The summed E-state index contributed by atoms with van der Waals surface area (Å²) in [5.74, 6) is -0.803. The summed E-state index contributed by atoms with van der Waals surface area (Å²) in [7, 11) is 3.00. The average molecular weight is 429 g/mol. The van der Waals surface area contributed by atoms with E-state index in [2.05, 4.69) is 0 Å². The average Bonchev–Trinajstić information content (AvgIpc) is 3.09. The van der Waals surface area contributed by atoms with Gasteiger partial charge in [0.25, 0.3) is 11.7 Å². The fraction of sp³-hybridized carbons (Fsp3) is 0.154. The number of benzene rings is 3. The molecule has 6 heteroatoms. The molecule has 1 heterocycles. The van der Waals surface area contributed by atoms with Crippen LogP contribution in [0.25, 0.3) is 5.76 Å². The van der Waals surface area contributed by atoms with Crippen molar-refractivity contribution in [3.05, 3.63) is 95.1 Å². The molecule has 1 unspecified atom stereocenters. The maximum atomic E-state index is 13.2. The summed E-state index contributed by atoms with van der Waals surface area (Å²) >= 11 is 0. The van der Waals surface area contributed by atoms with Gasteiger partial charge < -0.3 is 14.6 Å². The zero-order chi connectivity index (χ0) is 22.8. The molecule has 1 amide bonds. The van der Waals surface area contributed by atoms with Crippen LogP contribution in [-0.4, -0.2) is 31.0 Å². The van der Waals surface area contributed by atoms with Gasteiger partial charge in [-0.1, -0.05) is 42.5 Å². The van der Waals surface area contributed by atoms with E-state index in [9.17, 15) is 14.7 Å². The van der Waals surface area contributed by atoms with Crippen LogP contribution in [0, 0.1) is 6.92 Å². The molecule has 1 saturated heterocycles.